The van der Waals surface area contributed by atoms with Crippen LogP contribution in [0.5, 0.6) is 0 Å². The molecule has 0 spiro atoms. The smallest absolute Gasteiger partial charge is 0.159 e. The van der Waals surface area contributed by atoms with Crippen LogP contribution in [0.2, 0.25) is 0 Å². The Morgan fingerprint density at radius 1 is 1.73 bits per heavy atom. The van der Waals surface area contributed by atoms with Crippen molar-refractivity contribution in [1.82, 2.24) is 0 Å². The maximum atomic E-state index is 8.40. The fraction of sp³-hybridized carbons (Fsp3) is 0.429. The standard InChI is InChI=1S/C7H9N3S/c1-7(2)5(3-4-8)10-6(9)11-7/h3H,1-2H3,(H2,9,10)/b5-3-. The van der Waals surface area contributed by atoms with Gasteiger partial charge in [-0.05, 0) is 13.8 Å². The minimum atomic E-state index is -0.139. The van der Waals surface area contributed by atoms with Crippen LogP contribution in [0, 0.1) is 11.3 Å². The maximum absolute atomic E-state index is 8.40. The van der Waals surface area contributed by atoms with Gasteiger partial charge in [-0.1, -0.05) is 11.8 Å². The number of thioether (sulfide) groups is 1. The lowest BCUT2D eigenvalue weighted by Gasteiger charge is -2.14. The molecule has 11 heavy (non-hydrogen) atoms. The van der Waals surface area contributed by atoms with Crippen molar-refractivity contribution in [1.29, 1.82) is 5.26 Å². The van der Waals surface area contributed by atoms with Gasteiger partial charge in [-0.3, -0.25) is 0 Å². The van der Waals surface area contributed by atoms with Crippen LogP contribution in [-0.4, -0.2) is 9.91 Å². The molecule has 0 unspecified atom stereocenters. The first-order valence-electron chi connectivity index (χ1n) is 3.20. The Labute approximate surface area is 70.0 Å². The van der Waals surface area contributed by atoms with Crippen LogP contribution in [-0.2, 0) is 0 Å². The van der Waals surface area contributed by atoms with Crippen molar-refractivity contribution in [2.45, 2.75) is 18.6 Å². The summed E-state index contributed by atoms with van der Waals surface area (Å²) >= 11 is 1.48. The third-order valence-electron chi connectivity index (χ3n) is 1.41. The molecule has 0 fully saturated rings. The fourth-order valence-electron chi connectivity index (χ4n) is 0.857. The van der Waals surface area contributed by atoms with E-state index in [-0.39, 0.29) is 4.75 Å². The molecule has 0 bridgehead atoms. The van der Waals surface area contributed by atoms with Gasteiger partial charge in [0.1, 0.15) is 0 Å². The number of rotatable bonds is 0. The topological polar surface area (TPSA) is 62.2 Å². The highest BCUT2D eigenvalue weighted by atomic mass is 32.2. The molecule has 0 aliphatic carbocycles. The van der Waals surface area contributed by atoms with E-state index < -0.39 is 0 Å². The van der Waals surface area contributed by atoms with Crippen molar-refractivity contribution in [3.8, 4) is 6.07 Å². The average molecular weight is 167 g/mol. The van der Waals surface area contributed by atoms with Crippen molar-refractivity contribution < 1.29 is 0 Å². The molecule has 0 atom stereocenters. The molecular weight excluding hydrogens is 158 g/mol. The normalized spacial score (nSPS) is 24.8. The highest BCUT2D eigenvalue weighted by Crippen LogP contribution is 2.38. The van der Waals surface area contributed by atoms with E-state index in [4.69, 9.17) is 11.0 Å². The second-order valence-electron chi connectivity index (χ2n) is 2.72. The molecule has 1 heterocycles. The van der Waals surface area contributed by atoms with Crippen molar-refractivity contribution in [2.24, 2.45) is 10.7 Å². The van der Waals surface area contributed by atoms with E-state index in [2.05, 4.69) is 4.99 Å². The Hall–Kier alpha value is -0.950. The van der Waals surface area contributed by atoms with E-state index >= 15 is 0 Å². The predicted octanol–water partition coefficient (Wildman–Crippen LogP) is 1.23. The highest BCUT2D eigenvalue weighted by molar-refractivity contribution is 8.15. The molecule has 0 radical (unpaired) electrons. The van der Waals surface area contributed by atoms with Gasteiger partial charge in [0.15, 0.2) is 5.17 Å². The van der Waals surface area contributed by atoms with Gasteiger partial charge in [-0.15, -0.1) is 0 Å². The summed E-state index contributed by atoms with van der Waals surface area (Å²) < 4.78 is -0.139. The fourth-order valence-corrected chi connectivity index (χ4v) is 1.73. The predicted molar refractivity (Wildman–Crippen MR) is 47.0 cm³/mol. The third kappa shape index (κ3) is 1.55. The largest absolute Gasteiger partial charge is 0.378 e. The van der Waals surface area contributed by atoms with Crippen LogP contribution in [0.3, 0.4) is 0 Å². The highest BCUT2D eigenvalue weighted by Gasteiger charge is 2.31. The molecule has 0 saturated heterocycles. The Bertz CT molecular complexity index is 270. The summed E-state index contributed by atoms with van der Waals surface area (Å²) in [5.41, 5.74) is 6.25. The number of hydrogen-bond donors (Lipinski definition) is 1. The summed E-state index contributed by atoms with van der Waals surface area (Å²) in [6.45, 7) is 3.98. The van der Waals surface area contributed by atoms with Gasteiger partial charge < -0.3 is 5.73 Å². The quantitative estimate of drug-likeness (QED) is 0.552. The second-order valence-corrected chi connectivity index (χ2v) is 4.36. The van der Waals surface area contributed by atoms with Gasteiger partial charge in [-0.25, -0.2) is 4.99 Å². The van der Waals surface area contributed by atoms with E-state index in [1.165, 1.54) is 17.8 Å². The summed E-state index contributed by atoms with van der Waals surface area (Å²) in [4.78, 5) is 4.03. The third-order valence-corrected chi connectivity index (χ3v) is 2.43. The first kappa shape index (κ1) is 8.15. The van der Waals surface area contributed by atoms with Crippen LogP contribution in [0.1, 0.15) is 13.8 Å². The SMILES string of the molecule is CC1(C)SC(N)=N/C1=C\C#N. The van der Waals surface area contributed by atoms with E-state index in [1.807, 2.05) is 19.9 Å². The molecule has 58 valence electrons. The summed E-state index contributed by atoms with van der Waals surface area (Å²) in [5.74, 6) is 0. The summed E-state index contributed by atoms with van der Waals surface area (Å²) in [7, 11) is 0. The zero-order valence-corrected chi connectivity index (χ0v) is 7.27. The Balaban J connectivity index is 2.98. The average Bonchev–Trinajstić information content (AvgIpc) is 2.07. The summed E-state index contributed by atoms with van der Waals surface area (Å²) in [6, 6.07) is 1.95. The molecule has 3 nitrogen and oxygen atoms in total. The molecule has 0 aromatic heterocycles. The molecule has 0 amide bonds. The van der Waals surface area contributed by atoms with Gasteiger partial charge in [0.25, 0.3) is 0 Å². The van der Waals surface area contributed by atoms with Gasteiger partial charge in [0.05, 0.1) is 16.5 Å². The number of hydrogen-bond acceptors (Lipinski definition) is 4. The van der Waals surface area contributed by atoms with E-state index in [9.17, 15) is 0 Å². The molecule has 0 saturated carbocycles. The minimum Gasteiger partial charge on any atom is -0.378 e. The zero-order valence-electron chi connectivity index (χ0n) is 6.46. The molecule has 0 aromatic carbocycles. The zero-order chi connectivity index (χ0) is 8.48. The van der Waals surface area contributed by atoms with Crippen molar-refractivity contribution in [2.75, 3.05) is 0 Å². The lowest BCUT2D eigenvalue weighted by atomic mass is 10.1. The first-order chi connectivity index (χ1) is 5.06. The number of allylic oxidation sites excluding steroid dienone is 1. The van der Waals surface area contributed by atoms with Crippen LogP contribution < -0.4 is 5.73 Å². The Kier molecular flexibility index (Phi) is 1.92. The first-order valence-corrected chi connectivity index (χ1v) is 4.01. The van der Waals surface area contributed by atoms with Crippen LogP contribution >= 0.6 is 11.8 Å². The van der Waals surface area contributed by atoms with Crippen LogP contribution in [0.25, 0.3) is 0 Å². The molecule has 0 aromatic rings. The van der Waals surface area contributed by atoms with Crippen molar-refractivity contribution >= 4 is 16.9 Å². The van der Waals surface area contributed by atoms with Crippen LogP contribution in [0.4, 0.5) is 0 Å². The van der Waals surface area contributed by atoms with Gasteiger partial charge in [0.2, 0.25) is 0 Å². The van der Waals surface area contributed by atoms with E-state index in [1.54, 1.807) is 0 Å². The number of amidine groups is 1. The van der Waals surface area contributed by atoms with Gasteiger partial charge in [-0.2, -0.15) is 5.26 Å². The van der Waals surface area contributed by atoms with Gasteiger partial charge in [0, 0.05) is 6.08 Å². The number of nitrogens with zero attached hydrogens (tertiary/aromatic N) is 2. The Morgan fingerprint density at radius 3 is 2.73 bits per heavy atom. The Morgan fingerprint density at radius 2 is 2.36 bits per heavy atom. The lowest BCUT2D eigenvalue weighted by molar-refractivity contribution is 0.836. The molecule has 4 heteroatoms. The van der Waals surface area contributed by atoms with Crippen LogP contribution in [0.15, 0.2) is 16.8 Å². The lowest BCUT2D eigenvalue weighted by Crippen LogP contribution is -2.14. The second kappa shape index (κ2) is 2.59. The van der Waals surface area contributed by atoms with Gasteiger partial charge >= 0.3 is 0 Å². The molecule has 1 aliphatic rings. The number of nitrogens with two attached hydrogens (primary N) is 1. The number of nitriles is 1. The van der Waals surface area contributed by atoms with E-state index in [0.29, 0.717) is 5.17 Å². The molecule has 2 N–H and O–H groups in total. The van der Waals surface area contributed by atoms with Crippen molar-refractivity contribution in [3.05, 3.63) is 11.8 Å². The molecule has 1 rings (SSSR count). The van der Waals surface area contributed by atoms with Crippen molar-refractivity contribution in [3.63, 3.8) is 0 Å². The minimum absolute atomic E-state index is 0.139. The molecular formula is C7H9N3S. The monoisotopic (exact) mass is 167 g/mol. The maximum Gasteiger partial charge on any atom is 0.159 e. The molecule has 1 aliphatic heterocycles. The summed E-state index contributed by atoms with van der Waals surface area (Å²) in [6.07, 6.45) is 1.44. The van der Waals surface area contributed by atoms with E-state index in [0.717, 1.165) is 5.70 Å². The summed E-state index contributed by atoms with van der Waals surface area (Å²) in [5, 5.41) is 8.94. The number of aliphatic imine (C=N–C) groups is 1.